The van der Waals surface area contributed by atoms with E-state index in [2.05, 4.69) is 5.32 Å². The molecule has 0 radical (unpaired) electrons. The molecule has 1 amide bonds. The lowest BCUT2D eigenvalue weighted by Gasteiger charge is -2.22. The number of aliphatic hydroxyl groups is 1. The van der Waals surface area contributed by atoms with Gasteiger partial charge in [0.2, 0.25) is 5.91 Å². The molecule has 2 N–H and O–H groups in total. The summed E-state index contributed by atoms with van der Waals surface area (Å²) >= 11 is 0. The summed E-state index contributed by atoms with van der Waals surface area (Å²) in [5.74, 6) is 0.00106. The SMILES string of the molecule is COCCNC(=O)C(C)N1CC[C@H](O)C1. The van der Waals surface area contributed by atoms with Gasteiger partial charge in [0, 0.05) is 26.7 Å². The van der Waals surface area contributed by atoms with Gasteiger partial charge in [0.1, 0.15) is 0 Å². The third kappa shape index (κ3) is 3.77. The molecule has 15 heavy (non-hydrogen) atoms. The lowest BCUT2D eigenvalue weighted by Crippen LogP contribution is -2.45. The topological polar surface area (TPSA) is 61.8 Å². The maximum Gasteiger partial charge on any atom is 0.237 e. The summed E-state index contributed by atoms with van der Waals surface area (Å²) in [5, 5.41) is 12.1. The highest BCUT2D eigenvalue weighted by atomic mass is 16.5. The van der Waals surface area contributed by atoms with Crippen molar-refractivity contribution in [1.29, 1.82) is 0 Å². The van der Waals surface area contributed by atoms with Crippen LogP contribution in [0.4, 0.5) is 0 Å². The number of carbonyl (C=O) groups excluding carboxylic acids is 1. The van der Waals surface area contributed by atoms with E-state index < -0.39 is 0 Å². The molecule has 2 atom stereocenters. The number of carbonyl (C=O) groups is 1. The first-order valence-corrected chi connectivity index (χ1v) is 5.34. The highest BCUT2D eigenvalue weighted by Gasteiger charge is 2.27. The van der Waals surface area contributed by atoms with E-state index in [1.165, 1.54) is 0 Å². The molecular weight excluding hydrogens is 196 g/mol. The van der Waals surface area contributed by atoms with E-state index >= 15 is 0 Å². The molecule has 1 rings (SSSR count). The van der Waals surface area contributed by atoms with Crippen molar-refractivity contribution >= 4 is 5.91 Å². The van der Waals surface area contributed by atoms with Crippen LogP contribution in [0.25, 0.3) is 0 Å². The van der Waals surface area contributed by atoms with E-state index in [4.69, 9.17) is 4.74 Å². The second-order valence-electron chi connectivity index (χ2n) is 3.90. The van der Waals surface area contributed by atoms with E-state index in [9.17, 15) is 9.90 Å². The Morgan fingerprint density at radius 3 is 3.00 bits per heavy atom. The summed E-state index contributed by atoms with van der Waals surface area (Å²) in [6.45, 7) is 4.32. The quantitative estimate of drug-likeness (QED) is 0.591. The number of amides is 1. The van der Waals surface area contributed by atoms with Gasteiger partial charge in [-0.15, -0.1) is 0 Å². The van der Waals surface area contributed by atoms with Gasteiger partial charge < -0.3 is 15.2 Å². The molecule has 0 aliphatic carbocycles. The zero-order valence-electron chi connectivity index (χ0n) is 9.40. The van der Waals surface area contributed by atoms with Gasteiger partial charge in [-0.3, -0.25) is 9.69 Å². The largest absolute Gasteiger partial charge is 0.392 e. The van der Waals surface area contributed by atoms with Crippen LogP contribution in [0.1, 0.15) is 13.3 Å². The Balaban J connectivity index is 2.26. The van der Waals surface area contributed by atoms with Crippen LogP contribution in [-0.4, -0.2) is 61.4 Å². The van der Waals surface area contributed by atoms with Crippen LogP contribution in [0.5, 0.6) is 0 Å². The predicted octanol–water partition coefficient (Wildman–Crippen LogP) is -0.796. The van der Waals surface area contributed by atoms with Crippen molar-refractivity contribution in [3.05, 3.63) is 0 Å². The van der Waals surface area contributed by atoms with Crippen LogP contribution in [0.2, 0.25) is 0 Å². The van der Waals surface area contributed by atoms with Gasteiger partial charge in [-0.1, -0.05) is 0 Å². The molecular formula is C10H20N2O3. The molecule has 1 saturated heterocycles. The minimum Gasteiger partial charge on any atom is -0.392 e. The van der Waals surface area contributed by atoms with Gasteiger partial charge in [-0.05, 0) is 13.3 Å². The predicted molar refractivity (Wildman–Crippen MR) is 56.5 cm³/mol. The van der Waals surface area contributed by atoms with Gasteiger partial charge in [-0.2, -0.15) is 0 Å². The highest BCUT2D eigenvalue weighted by molar-refractivity contribution is 5.81. The number of nitrogens with one attached hydrogen (secondary N) is 1. The van der Waals surface area contributed by atoms with Crippen molar-refractivity contribution in [2.24, 2.45) is 0 Å². The lowest BCUT2D eigenvalue weighted by atomic mass is 10.3. The fraction of sp³-hybridized carbons (Fsp3) is 0.900. The number of hydrogen-bond donors (Lipinski definition) is 2. The normalized spacial score (nSPS) is 24.1. The van der Waals surface area contributed by atoms with Crippen molar-refractivity contribution in [2.75, 3.05) is 33.4 Å². The van der Waals surface area contributed by atoms with Gasteiger partial charge in [0.05, 0.1) is 18.8 Å². The van der Waals surface area contributed by atoms with E-state index in [0.717, 1.165) is 13.0 Å². The average molecular weight is 216 g/mol. The molecule has 5 heteroatoms. The van der Waals surface area contributed by atoms with Crippen molar-refractivity contribution in [1.82, 2.24) is 10.2 Å². The number of likely N-dealkylation sites (tertiary alicyclic amines) is 1. The molecule has 88 valence electrons. The smallest absolute Gasteiger partial charge is 0.237 e. The fourth-order valence-corrected chi connectivity index (χ4v) is 1.71. The third-order valence-electron chi connectivity index (χ3n) is 2.73. The second-order valence-corrected chi connectivity index (χ2v) is 3.90. The second kappa shape index (κ2) is 6.05. The standard InChI is InChI=1S/C10H20N2O3/c1-8(10(14)11-4-6-15-2)12-5-3-9(13)7-12/h8-9,13H,3-7H2,1-2H3,(H,11,14)/t8?,9-/m0/s1. The van der Waals surface area contributed by atoms with E-state index in [1.54, 1.807) is 7.11 Å². The Kier molecular flexibility index (Phi) is 5.01. The average Bonchev–Trinajstić information content (AvgIpc) is 2.64. The van der Waals surface area contributed by atoms with Crippen LogP contribution in [0.15, 0.2) is 0 Å². The Bertz CT molecular complexity index is 211. The zero-order valence-corrected chi connectivity index (χ0v) is 9.40. The summed E-state index contributed by atoms with van der Waals surface area (Å²) in [6.07, 6.45) is 0.481. The first kappa shape index (κ1) is 12.4. The Labute approximate surface area is 90.4 Å². The molecule has 0 saturated carbocycles. The summed E-state index contributed by atoms with van der Waals surface area (Å²) < 4.78 is 4.85. The summed E-state index contributed by atoms with van der Waals surface area (Å²) in [7, 11) is 1.60. The molecule has 0 bridgehead atoms. The number of methoxy groups -OCH3 is 1. The number of rotatable bonds is 5. The first-order chi connectivity index (χ1) is 7.15. The van der Waals surface area contributed by atoms with E-state index in [-0.39, 0.29) is 18.1 Å². The first-order valence-electron chi connectivity index (χ1n) is 5.34. The number of nitrogens with zero attached hydrogens (tertiary/aromatic N) is 1. The molecule has 0 aromatic rings. The summed E-state index contributed by atoms with van der Waals surface area (Å²) in [4.78, 5) is 13.6. The van der Waals surface area contributed by atoms with Crippen LogP contribution in [0, 0.1) is 0 Å². The van der Waals surface area contributed by atoms with Crippen LogP contribution >= 0.6 is 0 Å². The van der Waals surface area contributed by atoms with Gasteiger partial charge >= 0.3 is 0 Å². The third-order valence-corrected chi connectivity index (χ3v) is 2.73. The molecule has 1 aliphatic rings. The van der Waals surface area contributed by atoms with Crippen molar-refractivity contribution in [3.63, 3.8) is 0 Å². The maximum absolute atomic E-state index is 11.6. The van der Waals surface area contributed by atoms with Gasteiger partial charge in [0.25, 0.3) is 0 Å². The zero-order chi connectivity index (χ0) is 11.3. The van der Waals surface area contributed by atoms with Crippen LogP contribution in [-0.2, 0) is 9.53 Å². The number of ether oxygens (including phenoxy) is 1. The Morgan fingerprint density at radius 2 is 2.47 bits per heavy atom. The van der Waals surface area contributed by atoms with Crippen LogP contribution < -0.4 is 5.32 Å². The van der Waals surface area contributed by atoms with E-state index in [0.29, 0.717) is 19.7 Å². The number of aliphatic hydroxyl groups excluding tert-OH is 1. The summed E-state index contributed by atoms with van der Waals surface area (Å²) in [5.41, 5.74) is 0. The maximum atomic E-state index is 11.6. The molecule has 1 unspecified atom stereocenters. The number of hydrogen-bond acceptors (Lipinski definition) is 4. The fourth-order valence-electron chi connectivity index (χ4n) is 1.71. The van der Waals surface area contributed by atoms with Crippen molar-refractivity contribution in [2.45, 2.75) is 25.5 Å². The lowest BCUT2D eigenvalue weighted by molar-refractivity contribution is -0.125. The molecule has 1 heterocycles. The number of β-amino-alcohol motifs (C(OH)–C–C–N with tert-alkyl or cyclic N) is 1. The van der Waals surface area contributed by atoms with Gasteiger partial charge in [0.15, 0.2) is 0 Å². The molecule has 1 aliphatic heterocycles. The van der Waals surface area contributed by atoms with Crippen molar-refractivity contribution < 1.29 is 14.6 Å². The minimum atomic E-state index is -0.278. The monoisotopic (exact) mass is 216 g/mol. The Hall–Kier alpha value is -0.650. The molecule has 5 nitrogen and oxygen atoms in total. The summed E-state index contributed by atoms with van der Waals surface area (Å²) in [6, 6.07) is -0.168. The van der Waals surface area contributed by atoms with Crippen molar-refractivity contribution in [3.8, 4) is 0 Å². The molecule has 0 spiro atoms. The molecule has 1 fully saturated rings. The van der Waals surface area contributed by atoms with Crippen LogP contribution in [0.3, 0.4) is 0 Å². The van der Waals surface area contributed by atoms with Gasteiger partial charge in [-0.25, -0.2) is 0 Å². The van der Waals surface area contributed by atoms with E-state index in [1.807, 2.05) is 11.8 Å². The minimum absolute atomic E-state index is 0.00106. The Morgan fingerprint density at radius 1 is 1.73 bits per heavy atom. The molecule has 0 aromatic carbocycles. The highest BCUT2D eigenvalue weighted by Crippen LogP contribution is 2.12. The molecule has 0 aromatic heterocycles.